The predicted molar refractivity (Wildman–Crippen MR) is 98.5 cm³/mol. The number of hydrogen-bond acceptors (Lipinski definition) is 5. The van der Waals surface area contributed by atoms with Gasteiger partial charge in [0.15, 0.2) is 6.61 Å². The molecule has 0 radical (unpaired) electrons. The van der Waals surface area contributed by atoms with Crippen LogP contribution in [0.1, 0.15) is 44.5 Å². The molecule has 0 unspecified atom stereocenters. The number of amides is 1. The maximum Gasteiger partial charge on any atom is 0.306 e. The van der Waals surface area contributed by atoms with E-state index in [1.165, 1.54) is 0 Å². The van der Waals surface area contributed by atoms with Crippen molar-refractivity contribution in [1.29, 1.82) is 0 Å². The van der Waals surface area contributed by atoms with Gasteiger partial charge in [-0.05, 0) is 45.2 Å². The van der Waals surface area contributed by atoms with Gasteiger partial charge in [-0.15, -0.1) is 11.3 Å². The monoisotopic (exact) mass is 360 g/mol. The van der Waals surface area contributed by atoms with E-state index < -0.39 is 0 Å². The van der Waals surface area contributed by atoms with Gasteiger partial charge >= 0.3 is 5.97 Å². The molecule has 1 aromatic carbocycles. The molecule has 1 fully saturated rings. The SMILES string of the molecule is C[C@@H]1CCC[C@H](C)N1C(=O)COC(=O)CCc1nc2ccccc2s1. The average Bonchev–Trinajstić information content (AvgIpc) is 3.01. The highest BCUT2D eigenvalue weighted by Gasteiger charge is 2.29. The van der Waals surface area contributed by atoms with Crippen molar-refractivity contribution in [3.8, 4) is 0 Å². The van der Waals surface area contributed by atoms with Gasteiger partial charge in [0.25, 0.3) is 5.91 Å². The van der Waals surface area contributed by atoms with Crippen molar-refractivity contribution < 1.29 is 14.3 Å². The second-order valence-corrected chi connectivity index (χ2v) is 7.78. The average molecular weight is 360 g/mol. The molecule has 2 aromatic rings. The number of ether oxygens (including phenoxy) is 1. The third kappa shape index (κ3) is 4.37. The van der Waals surface area contributed by atoms with Crippen LogP contribution in [-0.2, 0) is 20.7 Å². The second kappa shape index (κ2) is 7.95. The summed E-state index contributed by atoms with van der Waals surface area (Å²) in [6.45, 7) is 3.96. The number of esters is 1. The summed E-state index contributed by atoms with van der Waals surface area (Å²) in [6, 6.07) is 8.36. The minimum Gasteiger partial charge on any atom is -0.456 e. The smallest absolute Gasteiger partial charge is 0.306 e. The molecule has 1 saturated heterocycles. The third-order valence-corrected chi connectivity index (χ3v) is 5.82. The molecule has 0 bridgehead atoms. The minimum atomic E-state index is -0.343. The summed E-state index contributed by atoms with van der Waals surface area (Å²) < 4.78 is 6.32. The number of rotatable bonds is 5. The van der Waals surface area contributed by atoms with Crippen LogP contribution in [-0.4, -0.2) is 40.5 Å². The minimum absolute atomic E-state index is 0.0898. The molecule has 2 heterocycles. The Morgan fingerprint density at radius 2 is 1.96 bits per heavy atom. The molecule has 1 aliphatic rings. The van der Waals surface area contributed by atoms with Crippen molar-refractivity contribution in [2.45, 2.75) is 58.0 Å². The maximum absolute atomic E-state index is 12.4. The van der Waals surface area contributed by atoms with Crippen LogP contribution < -0.4 is 0 Å². The summed E-state index contributed by atoms with van der Waals surface area (Å²) in [5.74, 6) is -0.432. The molecule has 5 nitrogen and oxygen atoms in total. The van der Waals surface area contributed by atoms with Crippen molar-refractivity contribution in [2.24, 2.45) is 0 Å². The van der Waals surface area contributed by atoms with Gasteiger partial charge < -0.3 is 9.64 Å². The van der Waals surface area contributed by atoms with E-state index in [1.807, 2.05) is 29.2 Å². The van der Waals surface area contributed by atoms with E-state index in [0.29, 0.717) is 6.42 Å². The lowest BCUT2D eigenvalue weighted by Crippen LogP contribution is -2.49. The summed E-state index contributed by atoms with van der Waals surface area (Å²) in [7, 11) is 0. The van der Waals surface area contributed by atoms with E-state index in [2.05, 4.69) is 18.8 Å². The highest BCUT2D eigenvalue weighted by molar-refractivity contribution is 7.18. The fraction of sp³-hybridized carbons (Fsp3) is 0.526. The summed E-state index contributed by atoms with van der Waals surface area (Å²) in [5.41, 5.74) is 0.958. The Labute approximate surface area is 152 Å². The zero-order valence-electron chi connectivity index (χ0n) is 14.7. The van der Waals surface area contributed by atoms with Gasteiger partial charge in [-0.1, -0.05) is 12.1 Å². The number of aryl methyl sites for hydroxylation is 1. The van der Waals surface area contributed by atoms with Gasteiger partial charge in [-0.3, -0.25) is 9.59 Å². The number of likely N-dealkylation sites (tertiary alicyclic amines) is 1. The van der Waals surface area contributed by atoms with Gasteiger partial charge in [0.2, 0.25) is 0 Å². The predicted octanol–water partition coefficient (Wildman–Crippen LogP) is 3.56. The quantitative estimate of drug-likeness (QED) is 0.765. The first-order valence-corrected chi connectivity index (χ1v) is 9.67. The molecule has 3 rings (SSSR count). The summed E-state index contributed by atoms with van der Waals surface area (Å²) >= 11 is 1.59. The van der Waals surface area contributed by atoms with E-state index in [1.54, 1.807) is 11.3 Å². The van der Waals surface area contributed by atoms with Gasteiger partial charge in [0.05, 0.1) is 21.6 Å². The van der Waals surface area contributed by atoms with Crippen molar-refractivity contribution in [3.63, 3.8) is 0 Å². The molecular weight excluding hydrogens is 336 g/mol. The Kier molecular flexibility index (Phi) is 5.68. The molecule has 134 valence electrons. The van der Waals surface area contributed by atoms with Crippen LogP contribution in [0.5, 0.6) is 0 Å². The van der Waals surface area contributed by atoms with Crippen LogP contribution in [0.2, 0.25) is 0 Å². The Balaban J connectivity index is 1.46. The van der Waals surface area contributed by atoms with E-state index in [4.69, 9.17) is 4.74 Å². The molecule has 0 spiro atoms. The lowest BCUT2D eigenvalue weighted by atomic mass is 9.97. The topological polar surface area (TPSA) is 59.5 Å². The van der Waals surface area contributed by atoms with Crippen LogP contribution in [0.3, 0.4) is 0 Å². The fourth-order valence-corrected chi connectivity index (χ4v) is 4.40. The molecule has 1 amide bonds. The Morgan fingerprint density at radius 1 is 1.24 bits per heavy atom. The first kappa shape index (κ1) is 17.9. The third-order valence-electron chi connectivity index (χ3n) is 4.72. The zero-order valence-corrected chi connectivity index (χ0v) is 15.6. The Morgan fingerprint density at radius 3 is 2.68 bits per heavy atom. The zero-order chi connectivity index (χ0) is 17.8. The molecule has 1 aliphatic heterocycles. The molecule has 25 heavy (non-hydrogen) atoms. The normalized spacial score (nSPS) is 20.6. The highest BCUT2D eigenvalue weighted by atomic mass is 32.1. The number of piperidine rings is 1. The molecule has 1 aromatic heterocycles. The lowest BCUT2D eigenvalue weighted by molar-refractivity contribution is -0.154. The van der Waals surface area contributed by atoms with Crippen molar-refractivity contribution >= 4 is 33.4 Å². The molecule has 0 N–H and O–H groups in total. The van der Waals surface area contributed by atoms with Crippen molar-refractivity contribution in [1.82, 2.24) is 9.88 Å². The standard InChI is InChI=1S/C19H24N2O3S/c1-13-6-5-7-14(2)21(13)18(22)12-24-19(23)11-10-17-20-15-8-3-4-9-16(15)25-17/h3-4,8-9,13-14H,5-7,10-12H2,1-2H3/t13-,14+. The van der Waals surface area contributed by atoms with Crippen LogP contribution in [0, 0.1) is 0 Å². The molecular formula is C19H24N2O3S. The fourth-order valence-electron chi connectivity index (χ4n) is 3.44. The van der Waals surface area contributed by atoms with E-state index >= 15 is 0 Å². The van der Waals surface area contributed by atoms with Crippen LogP contribution in [0.25, 0.3) is 10.2 Å². The van der Waals surface area contributed by atoms with Gasteiger partial charge in [0.1, 0.15) is 0 Å². The number of benzene rings is 1. The van der Waals surface area contributed by atoms with Crippen molar-refractivity contribution in [2.75, 3.05) is 6.61 Å². The number of carbonyl (C=O) groups is 2. The number of hydrogen-bond donors (Lipinski definition) is 0. The van der Waals surface area contributed by atoms with E-state index in [-0.39, 0.29) is 37.0 Å². The molecule has 0 aliphatic carbocycles. The van der Waals surface area contributed by atoms with Crippen LogP contribution >= 0.6 is 11.3 Å². The van der Waals surface area contributed by atoms with E-state index in [9.17, 15) is 9.59 Å². The number of para-hydroxylation sites is 1. The highest BCUT2D eigenvalue weighted by Crippen LogP contribution is 2.23. The summed E-state index contributed by atoms with van der Waals surface area (Å²) in [6.07, 6.45) is 3.97. The number of thiazole rings is 1. The van der Waals surface area contributed by atoms with Gasteiger partial charge in [0, 0.05) is 18.5 Å². The maximum atomic E-state index is 12.4. The second-order valence-electron chi connectivity index (χ2n) is 6.67. The first-order valence-electron chi connectivity index (χ1n) is 8.86. The van der Waals surface area contributed by atoms with Crippen LogP contribution in [0.15, 0.2) is 24.3 Å². The number of carbonyl (C=O) groups excluding carboxylic acids is 2. The molecule has 2 atom stereocenters. The largest absolute Gasteiger partial charge is 0.456 e. The summed E-state index contributed by atoms with van der Waals surface area (Å²) in [5, 5.41) is 0.919. The Hall–Kier alpha value is -1.95. The van der Waals surface area contributed by atoms with E-state index in [0.717, 1.165) is 34.5 Å². The lowest BCUT2D eigenvalue weighted by Gasteiger charge is -2.38. The Bertz CT molecular complexity index is 715. The number of aromatic nitrogens is 1. The number of fused-ring (bicyclic) bond motifs is 1. The van der Waals surface area contributed by atoms with Crippen molar-refractivity contribution in [3.05, 3.63) is 29.3 Å². The molecule has 0 saturated carbocycles. The molecule has 6 heteroatoms. The number of nitrogens with zero attached hydrogens (tertiary/aromatic N) is 2. The van der Waals surface area contributed by atoms with Gasteiger partial charge in [-0.25, -0.2) is 4.98 Å². The first-order chi connectivity index (χ1) is 12.0. The summed E-state index contributed by atoms with van der Waals surface area (Å²) in [4.78, 5) is 30.7. The van der Waals surface area contributed by atoms with Crippen LogP contribution in [0.4, 0.5) is 0 Å². The van der Waals surface area contributed by atoms with Gasteiger partial charge in [-0.2, -0.15) is 0 Å².